The van der Waals surface area contributed by atoms with Gasteiger partial charge in [-0.2, -0.15) is 9.78 Å². The highest BCUT2D eigenvalue weighted by Crippen LogP contribution is 2.18. The van der Waals surface area contributed by atoms with Gasteiger partial charge in [0.05, 0.1) is 5.69 Å². The van der Waals surface area contributed by atoms with Crippen LogP contribution in [0.2, 0.25) is 0 Å². The van der Waals surface area contributed by atoms with Gasteiger partial charge in [-0.3, -0.25) is 9.59 Å². The van der Waals surface area contributed by atoms with Gasteiger partial charge in [-0.15, -0.1) is 0 Å². The number of benzene rings is 2. The molecule has 6 nitrogen and oxygen atoms in total. The Balaban J connectivity index is 1.97. The number of hydrogen-bond acceptors (Lipinski definition) is 4. The van der Waals surface area contributed by atoms with E-state index in [0.29, 0.717) is 11.4 Å². The van der Waals surface area contributed by atoms with E-state index in [2.05, 4.69) is 26.3 Å². The molecule has 3 aromatic rings. The number of carbonyl (C=O) groups is 1. The normalized spacial score (nSPS) is 10.6. The monoisotopic (exact) mass is 413 g/mol. The first kappa shape index (κ1) is 17.9. The predicted octanol–water partition coefficient (Wildman–Crippen LogP) is 3.57. The summed E-state index contributed by atoms with van der Waals surface area (Å²) in [4.78, 5) is 24.7. The number of aromatic nitrogens is 2. The Morgan fingerprint density at radius 3 is 2.42 bits per heavy atom. The fraction of sp³-hybridized carbons (Fsp3) is 0.105. The third kappa shape index (κ3) is 3.67. The first-order valence-corrected chi connectivity index (χ1v) is 8.62. The number of carbonyl (C=O) groups excluding carboxylic acids is 1. The molecule has 132 valence electrons. The number of nitrogens with zero attached hydrogens (tertiary/aromatic N) is 2. The fourth-order valence-corrected chi connectivity index (χ4v) is 2.65. The van der Waals surface area contributed by atoms with Crippen molar-refractivity contribution in [2.45, 2.75) is 13.8 Å². The highest BCUT2D eigenvalue weighted by molar-refractivity contribution is 9.10. The number of hydrogen-bond donors (Lipinski definition) is 2. The lowest BCUT2D eigenvalue weighted by Gasteiger charge is -2.10. The summed E-state index contributed by atoms with van der Waals surface area (Å²) in [5.41, 5.74) is 2.44. The number of nitrogens with one attached hydrogen (secondary N) is 1. The van der Waals surface area contributed by atoms with Crippen LogP contribution in [0.25, 0.3) is 5.69 Å². The van der Waals surface area contributed by atoms with Crippen molar-refractivity contribution in [3.05, 3.63) is 80.2 Å². The van der Waals surface area contributed by atoms with E-state index in [9.17, 15) is 14.7 Å². The quantitative estimate of drug-likeness (QED) is 0.687. The van der Waals surface area contributed by atoms with Crippen LogP contribution in [0, 0.1) is 13.8 Å². The van der Waals surface area contributed by atoms with Crippen LogP contribution in [0.15, 0.2) is 57.8 Å². The molecular weight excluding hydrogens is 398 g/mol. The van der Waals surface area contributed by atoms with E-state index in [1.807, 2.05) is 26.0 Å². The molecule has 1 heterocycles. The zero-order valence-electron chi connectivity index (χ0n) is 14.2. The standard InChI is InChI=1S/C19H16BrN3O3/c1-11-3-6-14(9-12(11)2)21-19(26)18-16(24)10-17(25)23(22-18)15-7-4-13(20)5-8-15/h3-10,24H,1-2H3,(H,21,26). The Bertz CT molecular complexity index is 1040. The van der Waals surface area contributed by atoms with Crippen LogP contribution in [-0.2, 0) is 0 Å². The van der Waals surface area contributed by atoms with Crippen LogP contribution in [0.1, 0.15) is 21.6 Å². The van der Waals surface area contributed by atoms with Gasteiger partial charge in [0.1, 0.15) is 0 Å². The zero-order chi connectivity index (χ0) is 18.8. The third-order valence-corrected chi connectivity index (χ3v) is 4.49. The third-order valence-electron chi connectivity index (χ3n) is 3.96. The highest BCUT2D eigenvalue weighted by atomic mass is 79.9. The van der Waals surface area contributed by atoms with Crippen molar-refractivity contribution in [3.63, 3.8) is 0 Å². The summed E-state index contributed by atoms with van der Waals surface area (Å²) >= 11 is 3.32. The van der Waals surface area contributed by atoms with Crippen LogP contribution in [0.5, 0.6) is 5.75 Å². The lowest BCUT2D eigenvalue weighted by atomic mass is 10.1. The molecule has 26 heavy (non-hydrogen) atoms. The average molecular weight is 414 g/mol. The molecule has 1 aromatic heterocycles. The van der Waals surface area contributed by atoms with Crippen LogP contribution in [-0.4, -0.2) is 20.8 Å². The van der Waals surface area contributed by atoms with Gasteiger partial charge < -0.3 is 10.4 Å². The summed E-state index contributed by atoms with van der Waals surface area (Å²) in [6.45, 7) is 3.91. The van der Waals surface area contributed by atoms with E-state index in [4.69, 9.17) is 0 Å². The zero-order valence-corrected chi connectivity index (χ0v) is 15.7. The van der Waals surface area contributed by atoms with Gasteiger partial charge in [0.15, 0.2) is 11.4 Å². The predicted molar refractivity (Wildman–Crippen MR) is 103 cm³/mol. The Morgan fingerprint density at radius 2 is 1.77 bits per heavy atom. The average Bonchev–Trinajstić information content (AvgIpc) is 2.59. The van der Waals surface area contributed by atoms with Crippen molar-refractivity contribution in [1.29, 1.82) is 0 Å². The van der Waals surface area contributed by atoms with E-state index >= 15 is 0 Å². The Kier molecular flexibility index (Phi) is 4.90. The van der Waals surface area contributed by atoms with Gasteiger partial charge in [0.25, 0.3) is 11.5 Å². The van der Waals surface area contributed by atoms with Crippen molar-refractivity contribution < 1.29 is 9.90 Å². The molecule has 2 aromatic carbocycles. The van der Waals surface area contributed by atoms with Crippen LogP contribution < -0.4 is 10.9 Å². The van der Waals surface area contributed by atoms with Crippen LogP contribution in [0.4, 0.5) is 5.69 Å². The number of anilines is 1. The molecule has 0 fully saturated rings. The molecule has 3 rings (SSSR count). The maximum absolute atomic E-state index is 12.5. The number of aryl methyl sites for hydroxylation is 2. The molecule has 0 aliphatic carbocycles. The Hall–Kier alpha value is -2.93. The summed E-state index contributed by atoms with van der Waals surface area (Å²) in [7, 11) is 0. The Morgan fingerprint density at radius 1 is 1.08 bits per heavy atom. The largest absolute Gasteiger partial charge is 0.505 e. The van der Waals surface area contributed by atoms with Crippen molar-refractivity contribution in [1.82, 2.24) is 9.78 Å². The lowest BCUT2D eigenvalue weighted by Crippen LogP contribution is -2.25. The van der Waals surface area contributed by atoms with Gasteiger partial charge in [-0.25, -0.2) is 0 Å². The second-order valence-electron chi connectivity index (χ2n) is 5.86. The first-order valence-electron chi connectivity index (χ1n) is 7.83. The molecule has 7 heteroatoms. The topological polar surface area (TPSA) is 84.2 Å². The molecule has 0 saturated heterocycles. The smallest absolute Gasteiger partial charge is 0.279 e. The SMILES string of the molecule is Cc1ccc(NC(=O)c2nn(-c3ccc(Br)cc3)c(=O)cc2O)cc1C. The van der Waals surface area contributed by atoms with Crippen LogP contribution >= 0.6 is 15.9 Å². The number of halogens is 1. The van der Waals surface area contributed by atoms with Crippen molar-refractivity contribution in [2.75, 3.05) is 5.32 Å². The second-order valence-corrected chi connectivity index (χ2v) is 6.77. The number of rotatable bonds is 3. The summed E-state index contributed by atoms with van der Waals surface area (Å²) < 4.78 is 1.92. The molecule has 0 unspecified atom stereocenters. The van der Waals surface area contributed by atoms with Crippen LogP contribution in [0.3, 0.4) is 0 Å². The molecule has 0 saturated carbocycles. The molecule has 0 spiro atoms. The molecule has 0 bridgehead atoms. The van der Waals surface area contributed by atoms with Crippen molar-refractivity contribution in [3.8, 4) is 11.4 Å². The maximum Gasteiger partial charge on any atom is 0.279 e. The van der Waals surface area contributed by atoms with Gasteiger partial charge in [-0.05, 0) is 61.4 Å². The number of amides is 1. The maximum atomic E-state index is 12.5. The van der Waals surface area contributed by atoms with E-state index in [-0.39, 0.29) is 5.69 Å². The molecule has 0 aliphatic heterocycles. The van der Waals surface area contributed by atoms with E-state index in [0.717, 1.165) is 26.3 Å². The van der Waals surface area contributed by atoms with Gasteiger partial charge in [-0.1, -0.05) is 22.0 Å². The number of aromatic hydroxyl groups is 1. The Labute approximate surface area is 158 Å². The highest BCUT2D eigenvalue weighted by Gasteiger charge is 2.17. The molecule has 0 radical (unpaired) electrons. The van der Waals surface area contributed by atoms with Crippen molar-refractivity contribution in [2.24, 2.45) is 0 Å². The summed E-state index contributed by atoms with van der Waals surface area (Å²) in [6, 6.07) is 13.3. The minimum absolute atomic E-state index is 0.231. The van der Waals surface area contributed by atoms with E-state index in [1.54, 1.807) is 30.3 Å². The minimum Gasteiger partial charge on any atom is -0.505 e. The van der Waals surface area contributed by atoms with E-state index < -0.39 is 17.2 Å². The minimum atomic E-state index is -0.600. The van der Waals surface area contributed by atoms with Gasteiger partial charge >= 0.3 is 0 Å². The van der Waals surface area contributed by atoms with Crippen molar-refractivity contribution >= 4 is 27.5 Å². The summed E-state index contributed by atoms with van der Waals surface area (Å²) in [5, 5.41) is 16.7. The fourth-order valence-electron chi connectivity index (χ4n) is 2.39. The lowest BCUT2D eigenvalue weighted by molar-refractivity contribution is 0.101. The van der Waals surface area contributed by atoms with Gasteiger partial charge in [0.2, 0.25) is 0 Å². The van der Waals surface area contributed by atoms with Gasteiger partial charge in [0, 0.05) is 16.2 Å². The first-order chi connectivity index (χ1) is 12.3. The summed E-state index contributed by atoms with van der Waals surface area (Å²) in [5.74, 6) is -1.07. The summed E-state index contributed by atoms with van der Waals surface area (Å²) in [6.07, 6.45) is 0. The molecule has 0 aliphatic rings. The molecule has 0 atom stereocenters. The molecule has 2 N–H and O–H groups in total. The molecule has 1 amide bonds. The van der Waals surface area contributed by atoms with E-state index in [1.165, 1.54) is 0 Å². The molecular formula is C19H16BrN3O3. The second kappa shape index (κ2) is 7.13.